The number of rotatable bonds is 6. The van der Waals surface area contributed by atoms with Crippen LogP contribution in [0.4, 0.5) is 5.13 Å². The molecule has 2 aromatic rings. The lowest BCUT2D eigenvalue weighted by Crippen LogP contribution is -2.18. The van der Waals surface area contributed by atoms with Crippen molar-refractivity contribution in [3.8, 4) is 0 Å². The van der Waals surface area contributed by atoms with Gasteiger partial charge in [-0.2, -0.15) is 0 Å². The number of carbonyl (C=O) groups is 1. The van der Waals surface area contributed by atoms with E-state index in [-0.39, 0.29) is 10.8 Å². The molecular formula is C18H23N3O3S2. The topological polar surface area (TPSA) is 88.2 Å². The first-order valence-electron chi connectivity index (χ1n) is 8.68. The summed E-state index contributed by atoms with van der Waals surface area (Å²) in [5, 5.41) is 3.58. The quantitative estimate of drug-likeness (QED) is 0.790. The minimum absolute atomic E-state index is 0.0731. The summed E-state index contributed by atoms with van der Waals surface area (Å²) in [4.78, 5) is 18.2. The lowest BCUT2D eigenvalue weighted by Gasteiger charge is -2.15. The molecule has 0 fully saturated rings. The lowest BCUT2D eigenvalue weighted by atomic mass is 9.93. The number of amides is 1. The van der Waals surface area contributed by atoms with Crippen LogP contribution in [0.5, 0.6) is 0 Å². The molecule has 26 heavy (non-hydrogen) atoms. The molecule has 1 aromatic carbocycles. The molecule has 1 atom stereocenters. The molecule has 1 aromatic heterocycles. The Bertz CT molecular complexity index is 889. The molecule has 1 aliphatic rings. The summed E-state index contributed by atoms with van der Waals surface area (Å²) in [5.74, 6) is 0.609. The molecule has 0 saturated carbocycles. The molecule has 0 aliphatic heterocycles. The fraction of sp³-hybridized carbons (Fsp3) is 0.444. The third-order valence-electron chi connectivity index (χ3n) is 4.58. The van der Waals surface area contributed by atoms with E-state index in [0.717, 1.165) is 30.5 Å². The van der Waals surface area contributed by atoms with E-state index in [1.54, 1.807) is 35.6 Å². The second-order valence-corrected chi connectivity index (χ2v) is 9.61. The molecule has 0 radical (unpaired) electrons. The van der Waals surface area contributed by atoms with Gasteiger partial charge < -0.3 is 5.32 Å². The van der Waals surface area contributed by atoms with E-state index in [2.05, 4.69) is 21.9 Å². The van der Waals surface area contributed by atoms with E-state index in [4.69, 9.17) is 0 Å². The van der Waals surface area contributed by atoms with Gasteiger partial charge in [-0.25, -0.2) is 18.1 Å². The van der Waals surface area contributed by atoms with Crippen LogP contribution in [-0.2, 0) is 34.1 Å². The molecular weight excluding hydrogens is 370 g/mol. The van der Waals surface area contributed by atoms with Crippen molar-refractivity contribution in [2.24, 2.45) is 5.92 Å². The van der Waals surface area contributed by atoms with E-state index >= 15 is 0 Å². The summed E-state index contributed by atoms with van der Waals surface area (Å²) < 4.78 is 25.7. The van der Waals surface area contributed by atoms with Gasteiger partial charge in [-0.1, -0.05) is 19.1 Å². The average Bonchev–Trinajstić information content (AvgIpc) is 3.01. The van der Waals surface area contributed by atoms with E-state index < -0.39 is 10.0 Å². The highest BCUT2D eigenvalue weighted by atomic mass is 32.2. The Labute approximate surface area is 158 Å². The number of fused-ring (bicyclic) bond motifs is 1. The van der Waals surface area contributed by atoms with Crippen molar-refractivity contribution >= 4 is 32.4 Å². The van der Waals surface area contributed by atoms with Gasteiger partial charge in [0.2, 0.25) is 15.9 Å². The SMILES string of the molecule is CNS(=O)(=O)c1ccc(CCC(=O)Nc2nc3c(s2)C[C@@H](C)CC3)cc1. The summed E-state index contributed by atoms with van der Waals surface area (Å²) in [6, 6.07) is 6.58. The zero-order valence-corrected chi connectivity index (χ0v) is 16.5. The molecule has 140 valence electrons. The monoisotopic (exact) mass is 393 g/mol. The number of thiazole rings is 1. The molecule has 2 N–H and O–H groups in total. The molecule has 8 heteroatoms. The van der Waals surface area contributed by atoms with Gasteiger partial charge in [0.1, 0.15) is 0 Å². The maximum atomic E-state index is 12.2. The van der Waals surface area contributed by atoms with Crippen LogP contribution < -0.4 is 10.0 Å². The third-order valence-corrected chi connectivity index (χ3v) is 7.04. The van der Waals surface area contributed by atoms with Crippen LogP contribution in [0.3, 0.4) is 0 Å². The van der Waals surface area contributed by atoms with Crippen LogP contribution in [0, 0.1) is 5.92 Å². The van der Waals surface area contributed by atoms with Gasteiger partial charge in [0.25, 0.3) is 0 Å². The first kappa shape index (κ1) is 19.0. The molecule has 0 spiro atoms. The second kappa shape index (κ2) is 7.85. The van der Waals surface area contributed by atoms with Crippen LogP contribution in [0.25, 0.3) is 0 Å². The van der Waals surface area contributed by atoms with E-state index in [1.807, 2.05) is 0 Å². The number of hydrogen-bond donors (Lipinski definition) is 2. The van der Waals surface area contributed by atoms with Crippen LogP contribution in [0.2, 0.25) is 0 Å². The molecule has 0 saturated heterocycles. The first-order valence-corrected chi connectivity index (χ1v) is 11.0. The Morgan fingerprint density at radius 3 is 2.73 bits per heavy atom. The van der Waals surface area contributed by atoms with Crippen molar-refractivity contribution in [2.45, 2.75) is 43.9 Å². The fourth-order valence-corrected chi connectivity index (χ4v) is 4.90. The largest absolute Gasteiger partial charge is 0.302 e. The zero-order chi connectivity index (χ0) is 18.7. The highest BCUT2D eigenvalue weighted by Crippen LogP contribution is 2.32. The van der Waals surface area contributed by atoms with Gasteiger partial charge in [-0.3, -0.25) is 4.79 Å². The highest BCUT2D eigenvalue weighted by Gasteiger charge is 2.20. The summed E-state index contributed by atoms with van der Waals surface area (Å²) in [6.07, 6.45) is 4.07. The van der Waals surface area contributed by atoms with Crippen LogP contribution >= 0.6 is 11.3 Å². The van der Waals surface area contributed by atoms with Crippen molar-refractivity contribution in [3.05, 3.63) is 40.4 Å². The minimum atomic E-state index is -3.43. The van der Waals surface area contributed by atoms with Gasteiger partial charge in [-0.05, 0) is 56.3 Å². The van der Waals surface area contributed by atoms with Crippen molar-refractivity contribution in [2.75, 3.05) is 12.4 Å². The van der Waals surface area contributed by atoms with E-state index in [0.29, 0.717) is 23.9 Å². The molecule has 1 aliphatic carbocycles. The smallest absolute Gasteiger partial charge is 0.240 e. The second-order valence-electron chi connectivity index (χ2n) is 6.64. The Hall–Kier alpha value is -1.77. The molecule has 0 bridgehead atoms. The molecule has 6 nitrogen and oxygen atoms in total. The van der Waals surface area contributed by atoms with Crippen LogP contribution in [-0.4, -0.2) is 26.4 Å². The Balaban J connectivity index is 1.54. The van der Waals surface area contributed by atoms with Gasteiger partial charge >= 0.3 is 0 Å². The molecule has 0 unspecified atom stereocenters. The van der Waals surface area contributed by atoms with E-state index in [9.17, 15) is 13.2 Å². The maximum absolute atomic E-state index is 12.2. The summed E-state index contributed by atoms with van der Waals surface area (Å²) in [6.45, 7) is 2.24. The number of aryl methyl sites for hydroxylation is 2. The van der Waals surface area contributed by atoms with Gasteiger partial charge in [0, 0.05) is 11.3 Å². The molecule has 1 heterocycles. The van der Waals surface area contributed by atoms with Crippen molar-refractivity contribution in [1.82, 2.24) is 9.71 Å². The van der Waals surface area contributed by atoms with Crippen molar-refractivity contribution in [1.29, 1.82) is 0 Å². The average molecular weight is 394 g/mol. The summed E-state index contributed by atoms with van der Waals surface area (Å²) in [7, 11) is -2.05. The number of hydrogen-bond acceptors (Lipinski definition) is 5. The number of aromatic nitrogens is 1. The van der Waals surface area contributed by atoms with Gasteiger partial charge in [0.05, 0.1) is 10.6 Å². The third kappa shape index (κ3) is 4.49. The minimum Gasteiger partial charge on any atom is -0.302 e. The van der Waals surface area contributed by atoms with Crippen molar-refractivity contribution in [3.63, 3.8) is 0 Å². The summed E-state index contributed by atoms with van der Waals surface area (Å²) in [5.41, 5.74) is 2.05. The zero-order valence-electron chi connectivity index (χ0n) is 14.9. The first-order chi connectivity index (χ1) is 12.4. The van der Waals surface area contributed by atoms with Gasteiger partial charge in [-0.15, -0.1) is 11.3 Å². The molecule has 3 rings (SSSR count). The maximum Gasteiger partial charge on any atom is 0.240 e. The number of anilines is 1. The normalized spacial score (nSPS) is 16.9. The Morgan fingerprint density at radius 1 is 1.31 bits per heavy atom. The molecule has 1 amide bonds. The predicted molar refractivity (Wildman–Crippen MR) is 103 cm³/mol. The number of nitrogens with one attached hydrogen (secondary N) is 2. The Morgan fingerprint density at radius 2 is 2.04 bits per heavy atom. The van der Waals surface area contributed by atoms with Gasteiger partial charge in [0.15, 0.2) is 5.13 Å². The van der Waals surface area contributed by atoms with E-state index in [1.165, 1.54) is 11.9 Å². The Kier molecular flexibility index (Phi) is 5.74. The highest BCUT2D eigenvalue weighted by molar-refractivity contribution is 7.89. The number of carbonyl (C=O) groups excluding carboxylic acids is 1. The number of nitrogens with zero attached hydrogens (tertiary/aromatic N) is 1. The lowest BCUT2D eigenvalue weighted by molar-refractivity contribution is -0.116. The van der Waals surface area contributed by atoms with Crippen LogP contribution in [0.15, 0.2) is 29.2 Å². The van der Waals surface area contributed by atoms with Crippen molar-refractivity contribution < 1.29 is 13.2 Å². The number of benzene rings is 1. The predicted octanol–water partition coefficient (Wildman–Crippen LogP) is 2.75. The standard InChI is InChI=1S/C18H23N3O3S2/c1-12-3-9-15-16(11-12)25-18(20-15)21-17(22)10-6-13-4-7-14(8-5-13)26(23,24)19-2/h4-5,7-8,12,19H,3,6,9-11H2,1-2H3,(H,20,21,22)/t12-/m0/s1. The van der Waals surface area contributed by atoms with Crippen LogP contribution in [0.1, 0.15) is 35.9 Å². The summed E-state index contributed by atoms with van der Waals surface area (Å²) >= 11 is 1.58. The number of sulfonamides is 1. The fourth-order valence-electron chi connectivity index (χ4n) is 2.99.